The maximum absolute atomic E-state index is 8.66. The van der Waals surface area contributed by atoms with Gasteiger partial charge in [-0.05, 0) is 12.1 Å². The van der Waals surface area contributed by atoms with E-state index in [4.69, 9.17) is 21.6 Å². The molecule has 0 saturated carbocycles. The van der Waals surface area contributed by atoms with Crippen molar-refractivity contribution in [3.05, 3.63) is 29.3 Å². The SMILES string of the molecule is OB(O)c1cc[c]cc1Cl. The molecule has 51 valence electrons. The van der Waals surface area contributed by atoms with Crippen molar-refractivity contribution in [1.82, 2.24) is 0 Å². The second-order valence-corrected chi connectivity index (χ2v) is 2.23. The number of halogens is 1. The van der Waals surface area contributed by atoms with Gasteiger partial charge in [0.2, 0.25) is 0 Å². The van der Waals surface area contributed by atoms with Crippen LogP contribution in [0.5, 0.6) is 0 Å². The molecule has 0 bridgehead atoms. The lowest BCUT2D eigenvalue weighted by Gasteiger charge is -1.99. The smallest absolute Gasteiger partial charge is 0.423 e. The van der Waals surface area contributed by atoms with Gasteiger partial charge in [0.1, 0.15) is 0 Å². The van der Waals surface area contributed by atoms with Crippen LogP contribution in [-0.2, 0) is 0 Å². The third kappa shape index (κ3) is 1.50. The molecule has 1 rings (SSSR count). The third-order valence-electron chi connectivity index (χ3n) is 1.12. The highest BCUT2D eigenvalue weighted by atomic mass is 35.5. The van der Waals surface area contributed by atoms with Gasteiger partial charge in [-0.3, -0.25) is 0 Å². The topological polar surface area (TPSA) is 40.5 Å². The number of rotatable bonds is 1. The standard InChI is InChI=1S/C6H5BClO2/c8-6-4-2-1-3-5(6)7(9)10/h1,3-4,9-10H. The molecule has 0 spiro atoms. The zero-order valence-electron chi connectivity index (χ0n) is 5.08. The van der Waals surface area contributed by atoms with Gasteiger partial charge in [-0.1, -0.05) is 23.7 Å². The molecule has 1 aromatic carbocycles. The highest BCUT2D eigenvalue weighted by Gasteiger charge is 2.13. The van der Waals surface area contributed by atoms with Crippen molar-refractivity contribution in [1.29, 1.82) is 0 Å². The van der Waals surface area contributed by atoms with Crippen molar-refractivity contribution < 1.29 is 10.0 Å². The van der Waals surface area contributed by atoms with Crippen molar-refractivity contribution in [2.24, 2.45) is 0 Å². The molecule has 2 N–H and O–H groups in total. The van der Waals surface area contributed by atoms with Crippen LogP contribution in [0.2, 0.25) is 5.02 Å². The molecular weight excluding hydrogens is 150 g/mol. The van der Waals surface area contributed by atoms with E-state index in [1.54, 1.807) is 6.07 Å². The second-order valence-electron chi connectivity index (χ2n) is 1.82. The minimum Gasteiger partial charge on any atom is -0.423 e. The summed E-state index contributed by atoms with van der Waals surface area (Å²) in [6.07, 6.45) is 0. The first kappa shape index (κ1) is 7.60. The first-order valence-electron chi connectivity index (χ1n) is 2.73. The van der Waals surface area contributed by atoms with Crippen molar-refractivity contribution in [2.45, 2.75) is 0 Å². The summed E-state index contributed by atoms with van der Waals surface area (Å²) in [7, 11) is -1.50. The molecule has 0 aliphatic carbocycles. The summed E-state index contributed by atoms with van der Waals surface area (Å²) in [5, 5.41) is 17.6. The van der Waals surface area contributed by atoms with Crippen LogP contribution in [0, 0.1) is 6.07 Å². The monoisotopic (exact) mass is 155 g/mol. The number of benzene rings is 1. The van der Waals surface area contributed by atoms with E-state index in [1.165, 1.54) is 12.1 Å². The quantitative estimate of drug-likeness (QED) is 0.552. The minimum absolute atomic E-state index is 0.306. The summed E-state index contributed by atoms with van der Waals surface area (Å²) in [4.78, 5) is 0. The molecule has 0 aliphatic heterocycles. The molecule has 0 aromatic heterocycles. The molecule has 0 heterocycles. The lowest BCUT2D eigenvalue weighted by molar-refractivity contribution is 0.426. The lowest BCUT2D eigenvalue weighted by atomic mass is 9.80. The zero-order chi connectivity index (χ0) is 7.56. The van der Waals surface area contributed by atoms with E-state index < -0.39 is 7.12 Å². The van der Waals surface area contributed by atoms with Crippen molar-refractivity contribution in [2.75, 3.05) is 0 Å². The summed E-state index contributed by atoms with van der Waals surface area (Å²) < 4.78 is 0. The average molecular weight is 155 g/mol. The first-order valence-corrected chi connectivity index (χ1v) is 3.11. The van der Waals surface area contributed by atoms with Gasteiger partial charge < -0.3 is 10.0 Å². The van der Waals surface area contributed by atoms with Gasteiger partial charge in [-0.2, -0.15) is 0 Å². The van der Waals surface area contributed by atoms with E-state index in [0.29, 0.717) is 10.5 Å². The van der Waals surface area contributed by atoms with Crippen LogP contribution in [0.15, 0.2) is 18.2 Å². The molecule has 0 amide bonds. The van der Waals surface area contributed by atoms with Crippen molar-refractivity contribution in [3.8, 4) is 0 Å². The Labute approximate surface area is 64.2 Å². The van der Waals surface area contributed by atoms with E-state index in [2.05, 4.69) is 6.07 Å². The van der Waals surface area contributed by atoms with Crippen LogP contribution in [0.1, 0.15) is 0 Å². The fourth-order valence-electron chi connectivity index (χ4n) is 0.632. The predicted molar refractivity (Wildman–Crippen MR) is 40.1 cm³/mol. The Balaban J connectivity index is 3.03. The zero-order valence-corrected chi connectivity index (χ0v) is 5.84. The van der Waals surface area contributed by atoms with E-state index >= 15 is 0 Å². The Kier molecular flexibility index (Phi) is 2.32. The summed E-state index contributed by atoms with van der Waals surface area (Å²) in [6.45, 7) is 0. The van der Waals surface area contributed by atoms with Gasteiger partial charge in [-0.25, -0.2) is 0 Å². The van der Waals surface area contributed by atoms with Gasteiger partial charge in [0.05, 0.1) is 0 Å². The van der Waals surface area contributed by atoms with Crippen LogP contribution in [-0.4, -0.2) is 17.2 Å². The Morgan fingerprint density at radius 1 is 1.50 bits per heavy atom. The van der Waals surface area contributed by atoms with Gasteiger partial charge in [-0.15, -0.1) is 0 Å². The third-order valence-corrected chi connectivity index (χ3v) is 1.45. The highest BCUT2D eigenvalue weighted by Crippen LogP contribution is 2.02. The summed E-state index contributed by atoms with van der Waals surface area (Å²) in [5.41, 5.74) is 0.306. The fraction of sp³-hybridized carbons (Fsp3) is 0. The summed E-state index contributed by atoms with van der Waals surface area (Å²) in [5.74, 6) is 0. The molecule has 0 aliphatic rings. The molecule has 0 atom stereocenters. The molecule has 0 saturated heterocycles. The summed E-state index contributed by atoms with van der Waals surface area (Å²) in [6, 6.07) is 7.26. The van der Waals surface area contributed by atoms with Gasteiger partial charge in [0.15, 0.2) is 0 Å². The molecule has 2 nitrogen and oxygen atoms in total. The Morgan fingerprint density at radius 2 is 2.20 bits per heavy atom. The van der Waals surface area contributed by atoms with Crippen LogP contribution < -0.4 is 5.46 Å². The van der Waals surface area contributed by atoms with Crippen LogP contribution in [0.3, 0.4) is 0 Å². The van der Waals surface area contributed by atoms with E-state index in [0.717, 1.165) is 0 Å². The number of hydrogen-bond donors (Lipinski definition) is 2. The lowest BCUT2D eigenvalue weighted by Crippen LogP contribution is -2.30. The molecule has 4 heteroatoms. The van der Waals surface area contributed by atoms with Gasteiger partial charge >= 0.3 is 7.12 Å². The van der Waals surface area contributed by atoms with Crippen LogP contribution in [0.25, 0.3) is 0 Å². The average Bonchev–Trinajstić information content (AvgIpc) is 1.88. The molecule has 10 heavy (non-hydrogen) atoms. The molecule has 0 unspecified atom stereocenters. The molecule has 1 aromatic rings. The van der Waals surface area contributed by atoms with Crippen LogP contribution >= 0.6 is 11.6 Å². The maximum Gasteiger partial charge on any atom is 0.489 e. The molecule has 1 radical (unpaired) electrons. The normalized spacial score (nSPS) is 9.50. The predicted octanol–water partition coefficient (Wildman–Crippen LogP) is -0.180. The van der Waals surface area contributed by atoms with Gasteiger partial charge in [0, 0.05) is 10.5 Å². The largest absolute Gasteiger partial charge is 0.489 e. The minimum atomic E-state index is -1.50. The Hall–Kier alpha value is -0.505. The Bertz CT molecular complexity index is 227. The van der Waals surface area contributed by atoms with E-state index in [1.807, 2.05) is 0 Å². The second kappa shape index (κ2) is 3.06. The van der Waals surface area contributed by atoms with E-state index in [9.17, 15) is 0 Å². The fourth-order valence-corrected chi connectivity index (χ4v) is 0.855. The van der Waals surface area contributed by atoms with Crippen molar-refractivity contribution >= 4 is 24.2 Å². The maximum atomic E-state index is 8.66. The molecular formula is C6H5BClO2. The van der Waals surface area contributed by atoms with Gasteiger partial charge in [0.25, 0.3) is 0 Å². The highest BCUT2D eigenvalue weighted by molar-refractivity contribution is 6.62. The van der Waals surface area contributed by atoms with Crippen LogP contribution in [0.4, 0.5) is 0 Å². The van der Waals surface area contributed by atoms with Crippen molar-refractivity contribution in [3.63, 3.8) is 0 Å². The first-order chi connectivity index (χ1) is 4.72. The molecule has 0 fully saturated rings. The number of hydrogen-bond acceptors (Lipinski definition) is 2. The van der Waals surface area contributed by atoms with E-state index in [-0.39, 0.29) is 0 Å². The summed E-state index contributed by atoms with van der Waals surface area (Å²) >= 11 is 5.57. The Morgan fingerprint density at radius 3 is 2.60 bits per heavy atom.